The molecule has 1 aromatic rings. The summed E-state index contributed by atoms with van der Waals surface area (Å²) in [5.41, 5.74) is 0. The predicted molar refractivity (Wildman–Crippen MR) is 43.0 cm³/mol. The molecule has 0 aliphatic rings. The standard InChI is InChI=1S/C7H6ClFS/c8-7(9)10-6-4-2-1-3-5-6/h1-5,7H. The van der Waals surface area contributed by atoms with Gasteiger partial charge in [0.1, 0.15) is 0 Å². The van der Waals surface area contributed by atoms with Gasteiger partial charge in [0.2, 0.25) is 4.96 Å². The molecule has 10 heavy (non-hydrogen) atoms. The number of halogens is 2. The first-order valence-electron chi connectivity index (χ1n) is 2.79. The maximum Gasteiger partial charge on any atom is 0.223 e. The Morgan fingerprint density at radius 3 is 2.40 bits per heavy atom. The average molecular weight is 177 g/mol. The van der Waals surface area contributed by atoms with Crippen molar-refractivity contribution in [2.24, 2.45) is 0 Å². The molecule has 1 aromatic carbocycles. The summed E-state index contributed by atoms with van der Waals surface area (Å²) in [6, 6.07) is 9.22. The summed E-state index contributed by atoms with van der Waals surface area (Å²) in [7, 11) is 0. The minimum Gasteiger partial charge on any atom is -0.217 e. The van der Waals surface area contributed by atoms with Gasteiger partial charge >= 0.3 is 0 Å². The summed E-state index contributed by atoms with van der Waals surface area (Å²) >= 11 is 6.11. The van der Waals surface area contributed by atoms with Gasteiger partial charge in [-0.15, -0.1) is 0 Å². The average Bonchev–Trinajstić information content (AvgIpc) is 1.88. The molecule has 0 bridgehead atoms. The van der Waals surface area contributed by atoms with Crippen LogP contribution in [0.2, 0.25) is 0 Å². The van der Waals surface area contributed by atoms with Crippen molar-refractivity contribution in [2.75, 3.05) is 0 Å². The Kier molecular flexibility index (Phi) is 3.03. The molecule has 0 aliphatic heterocycles. The second-order valence-electron chi connectivity index (χ2n) is 1.69. The van der Waals surface area contributed by atoms with E-state index in [0.717, 1.165) is 16.7 Å². The first-order chi connectivity index (χ1) is 4.79. The van der Waals surface area contributed by atoms with Crippen LogP contribution in [0.5, 0.6) is 0 Å². The molecule has 0 fully saturated rings. The molecule has 0 radical (unpaired) electrons. The number of benzene rings is 1. The fourth-order valence-electron chi connectivity index (χ4n) is 0.602. The summed E-state index contributed by atoms with van der Waals surface area (Å²) in [5.74, 6) is 0. The number of thioether (sulfide) groups is 1. The monoisotopic (exact) mass is 176 g/mol. The van der Waals surface area contributed by atoms with E-state index in [-0.39, 0.29) is 0 Å². The lowest BCUT2D eigenvalue weighted by Gasteiger charge is -1.97. The molecule has 0 heterocycles. The summed E-state index contributed by atoms with van der Waals surface area (Å²) in [5, 5.41) is 0. The summed E-state index contributed by atoms with van der Waals surface area (Å²) in [6.45, 7) is 0. The minimum atomic E-state index is -1.35. The molecule has 1 unspecified atom stereocenters. The Bertz CT molecular complexity index is 188. The smallest absolute Gasteiger partial charge is 0.217 e. The van der Waals surface area contributed by atoms with Crippen molar-refractivity contribution in [3.8, 4) is 0 Å². The van der Waals surface area contributed by atoms with Crippen LogP contribution in [0.1, 0.15) is 0 Å². The maximum absolute atomic E-state index is 12.1. The van der Waals surface area contributed by atoms with E-state index in [1.807, 2.05) is 30.3 Å². The van der Waals surface area contributed by atoms with E-state index >= 15 is 0 Å². The SMILES string of the molecule is FC(Cl)Sc1ccccc1. The fraction of sp³-hybridized carbons (Fsp3) is 0.143. The van der Waals surface area contributed by atoms with Gasteiger partial charge in [0.15, 0.2) is 0 Å². The van der Waals surface area contributed by atoms with E-state index in [2.05, 4.69) is 0 Å². The molecule has 0 spiro atoms. The van der Waals surface area contributed by atoms with Gasteiger partial charge in [-0.1, -0.05) is 41.6 Å². The number of rotatable bonds is 2. The summed E-state index contributed by atoms with van der Waals surface area (Å²) < 4.78 is 12.1. The normalized spacial score (nSPS) is 13.0. The van der Waals surface area contributed by atoms with E-state index in [9.17, 15) is 4.39 Å². The lowest BCUT2D eigenvalue weighted by molar-refractivity contribution is 0.560. The molecule has 0 nitrogen and oxygen atoms in total. The van der Waals surface area contributed by atoms with Crippen molar-refractivity contribution in [3.05, 3.63) is 30.3 Å². The molecular formula is C7H6ClFS. The van der Waals surface area contributed by atoms with Gasteiger partial charge in [-0.05, 0) is 12.1 Å². The van der Waals surface area contributed by atoms with Crippen LogP contribution in [0, 0.1) is 0 Å². The Morgan fingerprint density at radius 1 is 1.30 bits per heavy atom. The van der Waals surface area contributed by atoms with Gasteiger partial charge in [0.05, 0.1) is 0 Å². The van der Waals surface area contributed by atoms with Crippen LogP contribution in [0.4, 0.5) is 4.39 Å². The third-order valence-electron chi connectivity index (χ3n) is 0.968. The number of hydrogen-bond acceptors (Lipinski definition) is 1. The fourth-order valence-corrected chi connectivity index (χ4v) is 1.43. The largest absolute Gasteiger partial charge is 0.223 e. The Morgan fingerprint density at radius 2 is 1.90 bits per heavy atom. The van der Waals surface area contributed by atoms with Crippen LogP contribution >= 0.6 is 23.4 Å². The van der Waals surface area contributed by atoms with Gasteiger partial charge in [-0.3, -0.25) is 0 Å². The van der Waals surface area contributed by atoms with Crippen molar-refractivity contribution >= 4 is 23.4 Å². The number of hydrogen-bond donors (Lipinski definition) is 0. The van der Waals surface area contributed by atoms with E-state index in [1.165, 1.54) is 0 Å². The van der Waals surface area contributed by atoms with E-state index < -0.39 is 4.96 Å². The van der Waals surface area contributed by atoms with Crippen LogP contribution in [-0.4, -0.2) is 4.96 Å². The third kappa shape index (κ3) is 2.58. The quantitative estimate of drug-likeness (QED) is 0.492. The van der Waals surface area contributed by atoms with Gasteiger partial charge in [0, 0.05) is 4.90 Å². The van der Waals surface area contributed by atoms with Crippen LogP contribution in [0.3, 0.4) is 0 Å². The van der Waals surface area contributed by atoms with E-state index in [1.54, 1.807) is 0 Å². The Balaban J connectivity index is 2.59. The first kappa shape index (κ1) is 7.89. The predicted octanol–water partition coefficient (Wildman–Crippen LogP) is 3.27. The van der Waals surface area contributed by atoms with Gasteiger partial charge in [0.25, 0.3) is 0 Å². The highest BCUT2D eigenvalue weighted by atomic mass is 35.5. The van der Waals surface area contributed by atoms with Gasteiger partial charge in [-0.25, -0.2) is 4.39 Å². The van der Waals surface area contributed by atoms with Crippen molar-refractivity contribution in [2.45, 2.75) is 9.86 Å². The topological polar surface area (TPSA) is 0 Å². The highest BCUT2D eigenvalue weighted by Crippen LogP contribution is 2.25. The van der Waals surface area contributed by atoms with E-state index in [4.69, 9.17) is 11.6 Å². The molecule has 0 saturated heterocycles. The molecule has 0 aliphatic carbocycles. The lowest BCUT2D eigenvalue weighted by Crippen LogP contribution is -1.77. The zero-order valence-electron chi connectivity index (χ0n) is 5.13. The minimum absolute atomic E-state index is 0.852. The third-order valence-corrected chi connectivity index (χ3v) is 1.96. The van der Waals surface area contributed by atoms with Crippen LogP contribution in [0.25, 0.3) is 0 Å². The molecule has 0 aromatic heterocycles. The maximum atomic E-state index is 12.1. The second kappa shape index (κ2) is 3.84. The Labute approximate surface area is 68.4 Å². The van der Waals surface area contributed by atoms with E-state index in [0.29, 0.717) is 0 Å². The Hall–Kier alpha value is -0.210. The van der Waals surface area contributed by atoms with Crippen molar-refractivity contribution in [3.63, 3.8) is 0 Å². The molecule has 54 valence electrons. The summed E-state index contributed by atoms with van der Waals surface area (Å²) in [6.07, 6.45) is 0. The second-order valence-corrected chi connectivity index (χ2v) is 3.45. The molecular weight excluding hydrogens is 171 g/mol. The van der Waals surface area contributed by atoms with Crippen molar-refractivity contribution < 1.29 is 4.39 Å². The van der Waals surface area contributed by atoms with Crippen LogP contribution < -0.4 is 0 Å². The summed E-state index contributed by atoms with van der Waals surface area (Å²) in [4.78, 5) is -0.493. The van der Waals surface area contributed by atoms with Crippen LogP contribution in [0.15, 0.2) is 35.2 Å². The van der Waals surface area contributed by atoms with Crippen molar-refractivity contribution in [1.82, 2.24) is 0 Å². The van der Waals surface area contributed by atoms with Gasteiger partial charge in [-0.2, -0.15) is 0 Å². The molecule has 1 atom stereocenters. The molecule has 1 rings (SSSR count). The highest BCUT2D eigenvalue weighted by molar-refractivity contribution is 8.00. The van der Waals surface area contributed by atoms with Crippen LogP contribution in [-0.2, 0) is 0 Å². The highest BCUT2D eigenvalue weighted by Gasteiger charge is 2.00. The molecule has 3 heteroatoms. The first-order valence-corrected chi connectivity index (χ1v) is 4.10. The van der Waals surface area contributed by atoms with Gasteiger partial charge < -0.3 is 0 Å². The molecule has 0 saturated carbocycles. The zero-order chi connectivity index (χ0) is 7.40. The lowest BCUT2D eigenvalue weighted by atomic mass is 10.4. The molecule has 0 amide bonds. The molecule has 0 N–H and O–H groups in total. The van der Waals surface area contributed by atoms with Crippen molar-refractivity contribution in [1.29, 1.82) is 0 Å². The number of alkyl halides is 2. The zero-order valence-corrected chi connectivity index (χ0v) is 6.70.